The van der Waals surface area contributed by atoms with Crippen molar-refractivity contribution in [2.24, 2.45) is 0 Å². The summed E-state index contributed by atoms with van der Waals surface area (Å²) in [6.45, 7) is 4.02. The van der Waals surface area contributed by atoms with Crippen LogP contribution in [0.4, 0.5) is 0 Å². The number of nitriles is 1. The van der Waals surface area contributed by atoms with Gasteiger partial charge in [0.25, 0.3) is 0 Å². The predicted molar refractivity (Wildman–Crippen MR) is 64.6 cm³/mol. The molecule has 0 saturated heterocycles. The monoisotopic (exact) mass is 232 g/mol. The molecule has 90 valence electrons. The highest BCUT2D eigenvalue weighted by Crippen LogP contribution is 2.08. The van der Waals surface area contributed by atoms with Crippen molar-refractivity contribution < 1.29 is 9.90 Å². The topological polar surface area (TPSA) is 64.3 Å². The second-order valence-corrected chi connectivity index (χ2v) is 3.87. The van der Waals surface area contributed by atoms with Crippen molar-refractivity contribution in [3.05, 3.63) is 35.4 Å². The van der Waals surface area contributed by atoms with Crippen molar-refractivity contribution in [3.8, 4) is 6.07 Å². The lowest BCUT2D eigenvalue weighted by atomic mass is 10.1. The zero-order valence-corrected chi connectivity index (χ0v) is 9.89. The van der Waals surface area contributed by atoms with Crippen LogP contribution < -0.4 is 0 Å². The Morgan fingerprint density at radius 1 is 1.41 bits per heavy atom. The summed E-state index contributed by atoms with van der Waals surface area (Å²) in [7, 11) is 0. The molecular weight excluding hydrogens is 216 g/mol. The second-order valence-electron chi connectivity index (χ2n) is 3.87. The predicted octanol–water partition coefficient (Wildman–Crippen LogP) is 2.12. The molecule has 0 unspecified atom stereocenters. The molecule has 0 heterocycles. The maximum atomic E-state index is 10.7. The van der Waals surface area contributed by atoms with Crippen molar-refractivity contribution in [2.45, 2.75) is 19.9 Å². The van der Waals surface area contributed by atoms with Gasteiger partial charge in [-0.1, -0.05) is 19.1 Å². The van der Waals surface area contributed by atoms with E-state index in [9.17, 15) is 4.79 Å². The van der Waals surface area contributed by atoms with Gasteiger partial charge in [0, 0.05) is 6.54 Å². The van der Waals surface area contributed by atoms with E-state index in [2.05, 4.69) is 13.0 Å². The molecule has 0 saturated carbocycles. The second kappa shape index (κ2) is 6.66. The van der Waals surface area contributed by atoms with Gasteiger partial charge in [-0.15, -0.1) is 0 Å². The highest BCUT2D eigenvalue weighted by molar-refractivity contribution is 5.87. The number of hydrogen-bond acceptors (Lipinski definition) is 3. The van der Waals surface area contributed by atoms with E-state index in [4.69, 9.17) is 10.4 Å². The van der Waals surface area contributed by atoms with Crippen molar-refractivity contribution in [2.75, 3.05) is 13.1 Å². The van der Waals surface area contributed by atoms with E-state index in [0.717, 1.165) is 18.5 Å². The Balaban J connectivity index is 2.66. The molecule has 0 atom stereocenters. The van der Waals surface area contributed by atoms with Crippen LogP contribution in [-0.2, 0) is 6.54 Å². The van der Waals surface area contributed by atoms with Crippen LogP contribution in [0.15, 0.2) is 24.3 Å². The number of nitrogens with zero attached hydrogens (tertiary/aromatic N) is 2. The Labute approximate surface area is 101 Å². The maximum Gasteiger partial charge on any atom is 0.335 e. The molecule has 4 nitrogen and oxygen atoms in total. The molecule has 0 bridgehead atoms. The fourth-order valence-electron chi connectivity index (χ4n) is 1.64. The summed E-state index contributed by atoms with van der Waals surface area (Å²) >= 11 is 0. The first-order chi connectivity index (χ1) is 8.17. The summed E-state index contributed by atoms with van der Waals surface area (Å²) < 4.78 is 0. The quantitative estimate of drug-likeness (QED) is 0.763. The first-order valence-electron chi connectivity index (χ1n) is 5.59. The van der Waals surface area contributed by atoms with Crippen LogP contribution in [-0.4, -0.2) is 29.1 Å². The summed E-state index contributed by atoms with van der Waals surface area (Å²) in [4.78, 5) is 12.7. The van der Waals surface area contributed by atoms with E-state index in [1.54, 1.807) is 24.3 Å². The Morgan fingerprint density at radius 2 is 2.06 bits per heavy atom. The number of rotatable bonds is 6. The number of benzene rings is 1. The highest BCUT2D eigenvalue weighted by atomic mass is 16.4. The Bertz CT molecular complexity index is 406. The van der Waals surface area contributed by atoms with Gasteiger partial charge in [0.2, 0.25) is 0 Å². The van der Waals surface area contributed by atoms with Gasteiger partial charge in [0.15, 0.2) is 0 Å². The highest BCUT2D eigenvalue weighted by Gasteiger charge is 2.06. The lowest BCUT2D eigenvalue weighted by Gasteiger charge is -2.18. The molecule has 1 aromatic carbocycles. The normalized spacial score (nSPS) is 10.2. The first-order valence-corrected chi connectivity index (χ1v) is 5.59. The molecule has 0 fully saturated rings. The lowest BCUT2D eigenvalue weighted by Crippen LogP contribution is -2.24. The molecule has 1 aromatic rings. The minimum absolute atomic E-state index is 0.288. The Morgan fingerprint density at radius 3 is 2.53 bits per heavy atom. The van der Waals surface area contributed by atoms with Crippen molar-refractivity contribution in [1.82, 2.24) is 4.90 Å². The molecule has 0 aliphatic rings. The van der Waals surface area contributed by atoms with Gasteiger partial charge >= 0.3 is 5.97 Å². The van der Waals surface area contributed by atoms with Gasteiger partial charge in [-0.2, -0.15) is 5.26 Å². The fourth-order valence-corrected chi connectivity index (χ4v) is 1.64. The van der Waals surface area contributed by atoms with Gasteiger partial charge < -0.3 is 5.11 Å². The standard InChI is InChI=1S/C13H16N2O2/c1-2-8-15(9-7-14)10-11-3-5-12(6-4-11)13(16)17/h3-6H,2,8-10H2,1H3,(H,16,17). The molecule has 0 radical (unpaired) electrons. The zero-order valence-electron chi connectivity index (χ0n) is 9.89. The molecular formula is C13H16N2O2. The van der Waals surface area contributed by atoms with E-state index in [1.165, 1.54) is 0 Å². The van der Waals surface area contributed by atoms with Gasteiger partial charge in [-0.05, 0) is 30.7 Å². The Kier molecular flexibility index (Phi) is 5.18. The number of carboxylic acid groups (broad SMARTS) is 1. The zero-order chi connectivity index (χ0) is 12.7. The SMILES string of the molecule is CCCN(CC#N)Cc1ccc(C(=O)O)cc1. The van der Waals surface area contributed by atoms with E-state index < -0.39 is 5.97 Å². The van der Waals surface area contributed by atoms with Crippen molar-refractivity contribution in [3.63, 3.8) is 0 Å². The van der Waals surface area contributed by atoms with Crippen LogP contribution in [0, 0.1) is 11.3 Å². The Hall–Kier alpha value is -1.86. The third-order valence-corrected chi connectivity index (χ3v) is 2.44. The van der Waals surface area contributed by atoms with Gasteiger partial charge in [0.05, 0.1) is 18.2 Å². The summed E-state index contributed by atoms with van der Waals surface area (Å²) in [6, 6.07) is 8.91. The molecule has 0 aliphatic carbocycles. The van der Waals surface area contributed by atoms with Gasteiger partial charge in [-0.3, -0.25) is 4.90 Å². The maximum absolute atomic E-state index is 10.7. The molecule has 4 heteroatoms. The van der Waals surface area contributed by atoms with Crippen LogP contribution in [0.1, 0.15) is 29.3 Å². The van der Waals surface area contributed by atoms with E-state index in [1.807, 2.05) is 4.90 Å². The molecule has 17 heavy (non-hydrogen) atoms. The average Bonchev–Trinajstić information content (AvgIpc) is 2.30. The molecule has 1 rings (SSSR count). The minimum Gasteiger partial charge on any atom is -0.478 e. The lowest BCUT2D eigenvalue weighted by molar-refractivity contribution is 0.0697. The summed E-state index contributed by atoms with van der Waals surface area (Å²) in [6.07, 6.45) is 0.995. The summed E-state index contributed by atoms with van der Waals surface area (Å²) in [5.74, 6) is -0.918. The molecule has 0 aromatic heterocycles. The largest absolute Gasteiger partial charge is 0.478 e. The smallest absolute Gasteiger partial charge is 0.335 e. The average molecular weight is 232 g/mol. The fraction of sp³-hybridized carbons (Fsp3) is 0.385. The molecule has 0 spiro atoms. The summed E-state index contributed by atoms with van der Waals surface area (Å²) in [5, 5.41) is 17.5. The number of aromatic carboxylic acids is 1. The van der Waals surface area contributed by atoms with Gasteiger partial charge in [0.1, 0.15) is 0 Å². The third-order valence-electron chi connectivity index (χ3n) is 2.44. The number of carboxylic acids is 1. The van der Waals surface area contributed by atoms with Crippen LogP contribution >= 0.6 is 0 Å². The van der Waals surface area contributed by atoms with Crippen LogP contribution in [0.25, 0.3) is 0 Å². The van der Waals surface area contributed by atoms with Gasteiger partial charge in [-0.25, -0.2) is 4.79 Å². The number of carbonyl (C=O) groups is 1. The van der Waals surface area contributed by atoms with Crippen LogP contribution in [0.5, 0.6) is 0 Å². The first kappa shape index (κ1) is 13.2. The minimum atomic E-state index is -0.918. The molecule has 0 amide bonds. The van der Waals surface area contributed by atoms with E-state index >= 15 is 0 Å². The van der Waals surface area contributed by atoms with Crippen LogP contribution in [0.3, 0.4) is 0 Å². The number of hydrogen-bond donors (Lipinski definition) is 1. The van der Waals surface area contributed by atoms with E-state index in [-0.39, 0.29) is 5.56 Å². The van der Waals surface area contributed by atoms with E-state index in [0.29, 0.717) is 13.1 Å². The third kappa shape index (κ3) is 4.25. The molecule has 1 N–H and O–H groups in total. The van der Waals surface area contributed by atoms with Crippen molar-refractivity contribution >= 4 is 5.97 Å². The van der Waals surface area contributed by atoms with Crippen LogP contribution in [0.2, 0.25) is 0 Å². The van der Waals surface area contributed by atoms with Crippen molar-refractivity contribution in [1.29, 1.82) is 5.26 Å². The molecule has 0 aliphatic heterocycles. The summed E-state index contributed by atoms with van der Waals surface area (Å²) in [5.41, 5.74) is 1.31.